The number of ether oxygens (including phenoxy) is 1. The van der Waals surface area contributed by atoms with Crippen molar-refractivity contribution in [3.63, 3.8) is 0 Å². The van der Waals surface area contributed by atoms with Crippen LogP contribution in [0.3, 0.4) is 0 Å². The van der Waals surface area contributed by atoms with E-state index >= 15 is 0 Å². The number of carboxylic acids is 1. The number of hydrogen-bond acceptors (Lipinski definition) is 4. The van der Waals surface area contributed by atoms with Gasteiger partial charge < -0.3 is 9.84 Å². The van der Waals surface area contributed by atoms with Crippen LogP contribution in [0.5, 0.6) is 5.75 Å². The van der Waals surface area contributed by atoms with Gasteiger partial charge in [0, 0.05) is 12.1 Å². The van der Waals surface area contributed by atoms with Crippen molar-refractivity contribution in [3.8, 4) is 5.75 Å². The molecule has 112 valence electrons. The van der Waals surface area contributed by atoms with Crippen molar-refractivity contribution in [1.29, 1.82) is 0 Å². The highest BCUT2D eigenvalue weighted by Gasteiger charge is 2.10. The summed E-state index contributed by atoms with van der Waals surface area (Å²) in [4.78, 5) is 15.0. The number of aromatic nitrogens is 3. The summed E-state index contributed by atoms with van der Waals surface area (Å²) in [6, 6.07) is 7.13. The van der Waals surface area contributed by atoms with Crippen LogP contribution in [0.1, 0.15) is 25.2 Å². The van der Waals surface area contributed by atoms with Crippen LogP contribution in [0, 0.1) is 5.92 Å². The van der Waals surface area contributed by atoms with Gasteiger partial charge in [-0.2, -0.15) is 5.10 Å². The molecule has 0 fully saturated rings. The summed E-state index contributed by atoms with van der Waals surface area (Å²) < 4.78 is 7.53. The van der Waals surface area contributed by atoms with Gasteiger partial charge in [0.25, 0.3) is 0 Å². The first-order valence-electron chi connectivity index (χ1n) is 6.85. The highest BCUT2D eigenvalue weighted by Crippen LogP contribution is 2.19. The van der Waals surface area contributed by atoms with Gasteiger partial charge in [0.15, 0.2) is 5.82 Å². The van der Waals surface area contributed by atoms with Gasteiger partial charge in [0.05, 0.1) is 6.42 Å². The van der Waals surface area contributed by atoms with Crippen LogP contribution in [-0.2, 0) is 24.4 Å². The van der Waals surface area contributed by atoms with E-state index in [1.54, 1.807) is 18.2 Å². The standard InChI is InChI=1S/C15H19N3O3/c1-11(2)8-18-14(16-10-17-18)9-21-13-6-4-3-5-12(13)7-15(19)20/h3-6,10-11H,7-9H2,1-2H3,(H,19,20). The van der Waals surface area contributed by atoms with Gasteiger partial charge in [-0.1, -0.05) is 32.0 Å². The number of carboxylic acid groups (broad SMARTS) is 1. The second kappa shape index (κ2) is 6.88. The third-order valence-corrected chi connectivity index (χ3v) is 2.90. The van der Waals surface area contributed by atoms with Crippen molar-refractivity contribution in [2.24, 2.45) is 5.92 Å². The van der Waals surface area contributed by atoms with E-state index in [9.17, 15) is 4.79 Å². The number of rotatable bonds is 7. The molecule has 0 unspecified atom stereocenters. The third kappa shape index (κ3) is 4.30. The molecule has 21 heavy (non-hydrogen) atoms. The molecule has 0 amide bonds. The van der Waals surface area contributed by atoms with Crippen LogP contribution in [0.25, 0.3) is 0 Å². The maximum atomic E-state index is 10.8. The summed E-state index contributed by atoms with van der Waals surface area (Å²) >= 11 is 0. The molecule has 0 saturated heterocycles. The molecule has 1 aromatic carbocycles. The summed E-state index contributed by atoms with van der Waals surface area (Å²) in [5.41, 5.74) is 0.653. The highest BCUT2D eigenvalue weighted by molar-refractivity contribution is 5.71. The molecule has 0 saturated carbocycles. The van der Waals surface area contributed by atoms with Crippen LogP contribution < -0.4 is 4.74 Å². The molecule has 0 spiro atoms. The summed E-state index contributed by atoms with van der Waals surface area (Å²) in [5, 5.41) is 13.1. The number of hydrogen-bond donors (Lipinski definition) is 1. The maximum Gasteiger partial charge on any atom is 0.307 e. The van der Waals surface area contributed by atoms with E-state index < -0.39 is 5.97 Å². The normalized spacial score (nSPS) is 10.8. The first-order valence-corrected chi connectivity index (χ1v) is 6.85. The zero-order valence-electron chi connectivity index (χ0n) is 12.2. The average molecular weight is 289 g/mol. The Hall–Kier alpha value is -2.37. The average Bonchev–Trinajstić information content (AvgIpc) is 2.83. The van der Waals surface area contributed by atoms with E-state index in [-0.39, 0.29) is 13.0 Å². The number of carbonyl (C=O) groups is 1. The van der Waals surface area contributed by atoms with E-state index in [4.69, 9.17) is 9.84 Å². The second-order valence-electron chi connectivity index (χ2n) is 5.22. The Labute approximate surface area is 123 Å². The van der Waals surface area contributed by atoms with Gasteiger partial charge in [-0.05, 0) is 12.0 Å². The Balaban J connectivity index is 2.06. The fourth-order valence-corrected chi connectivity index (χ4v) is 1.99. The Morgan fingerprint density at radius 3 is 2.86 bits per heavy atom. The Kier molecular flexibility index (Phi) is 4.92. The first-order chi connectivity index (χ1) is 10.1. The van der Waals surface area contributed by atoms with Gasteiger partial charge in [0.1, 0.15) is 18.7 Å². The van der Waals surface area contributed by atoms with E-state index in [1.807, 2.05) is 10.7 Å². The number of nitrogens with zero attached hydrogens (tertiary/aromatic N) is 3. The number of aliphatic carboxylic acids is 1. The van der Waals surface area contributed by atoms with Crippen molar-refractivity contribution in [2.45, 2.75) is 33.4 Å². The van der Waals surface area contributed by atoms with Crippen LogP contribution >= 0.6 is 0 Å². The lowest BCUT2D eigenvalue weighted by Crippen LogP contribution is -2.13. The quantitative estimate of drug-likeness (QED) is 0.845. The molecular weight excluding hydrogens is 270 g/mol. The molecule has 6 nitrogen and oxygen atoms in total. The summed E-state index contributed by atoms with van der Waals surface area (Å²) in [6.45, 7) is 5.25. The molecule has 1 aromatic heterocycles. The molecule has 1 N–H and O–H groups in total. The van der Waals surface area contributed by atoms with Gasteiger partial charge in [-0.15, -0.1) is 0 Å². The molecule has 0 atom stereocenters. The van der Waals surface area contributed by atoms with Crippen molar-refractivity contribution in [1.82, 2.24) is 14.8 Å². The summed E-state index contributed by atoms with van der Waals surface area (Å²) in [7, 11) is 0. The van der Waals surface area contributed by atoms with Crippen molar-refractivity contribution < 1.29 is 14.6 Å². The zero-order chi connectivity index (χ0) is 15.2. The smallest absolute Gasteiger partial charge is 0.307 e. The maximum absolute atomic E-state index is 10.8. The second-order valence-corrected chi connectivity index (χ2v) is 5.22. The molecule has 2 rings (SSSR count). The van der Waals surface area contributed by atoms with E-state index in [0.717, 1.165) is 12.4 Å². The highest BCUT2D eigenvalue weighted by atomic mass is 16.5. The largest absolute Gasteiger partial charge is 0.485 e. The fraction of sp³-hybridized carbons (Fsp3) is 0.400. The van der Waals surface area contributed by atoms with Crippen molar-refractivity contribution in [2.75, 3.05) is 0 Å². The Morgan fingerprint density at radius 2 is 2.14 bits per heavy atom. The molecule has 6 heteroatoms. The minimum Gasteiger partial charge on any atom is -0.485 e. The number of benzene rings is 1. The van der Waals surface area contributed by atoms with Crippen molar-refractivity contribution in [3.05, 3.63) is 42.0 Å². The fourth-order valence-electron chi connectivity index (χ4n) is 1.99. The topological polar surface area (TPSA) is 77.2 Å². The van der Waals surface area contributed by atoms with E-state index in [1.165, 1.54) is 6.33 Å². The van der Waals surface area contributed by atoms with Crippen LogP contribution in [-0.4, -0.2) is 25.8 Å². The van der Waals surface area contributed by atoms with Gasteiger partial charge in [-0.3, -0.25) is 4.79 Å². The molecule has 1 heterocycles. The molecule has 2 aromatic rings. The van der Waals surface area contributed by atoms with E-state index in [0.29, 0.717) is 17.2 Å². The lowest BCUT2D eigenvalue weighted by molar-refractivity contribution is -0.136. The SMILES string of the molecule is CC(C)Cn1ncnc1COc1ccccc1CC(=O)O. The van der Waals surface area contributed by atoms with E-state index in [2.05, 4.69) is 23.9 Å². The Morgan fingerprint density at radius 1 is 1.38 bits per heavy atom. The van der Waals surface area contributed by atoms with Crippen LogP contribution in [0.4, 0.5) is 0 Å². The zero-order valence-corrected chi connectivity index (χ0v) is 12.2. The minimum absolute atomic E-state index is 0.0607. The molecule has 0 aliphatic heterocycles. The summed E-state index contributed by atoms with van der Waals surface area (Å²) in [5.74, 6) is 0.881. The van der Waals surface area contributed by atoms with Crippen molar-refractivity contribution >= 4 is 5.97 Å². The Bertz CT molecular complexity index is 608. The van der Waals surface area contributed by atoms with Crippen LogP contribution in [0.2, 0.25) is 0 Å². The predicted octanol–water partition coefficient (Wildman–Crippen LogP) is 2.14. The molecular formula is C15H19N3O3. The molecule has 0 aliphatic rings. The van der Waals surface area contributed by atoms with Gasteiger partial charge >= 0.3 is 5.97 Å². The molecule has 0 bridgehead atoms. The lowest BCUT2D eigenvalue weighted by Gasteiger charge is -2.11. The third-order valence-electron chi connectivity index (χ3n) is 2.90. The minimum atomic E-state index is -0.881. The number of para-hydroxylation sites is 1. The predicted molar refractivity (Wildman–Crippen MR) is 77.0 cm³/mol. The monoisotopic (exact) mass is 289 g/mol. The lowest BCUT2D eigenvalue weighted by atomic mass is 10.1. The van der Waals surface area contributed by atoms with Gasteiger partial charge in [-0.25, -0.2) is 9.67 Å². The van der Waals surface area contributed by atoms with Crippen LogP contribution in [0.15, 0.2) is 30.6 Å². The first kappa shape index (κ1) is 15.0. The molecule has 0 radical (unpaired) electrons. The van der Waals surface area contributed by atoms with Gasteiger partial charge in [0.2, 0.25) is 0 Å². The molecule has 0 aliphatic carbocycles. The summed E-state index contributed by atoms with van der Waals surface area (Å²) in [6.07, 6.45) is 1.44.